The second-order valence-corrected chi connectivity index (χ2v) is 16.1. The molecule has 3 aromatic heterocycles. The number of benzene rings is 2. The van der Waals surface area contributed by atoms with Crippen LogP contribution in [0.4, 0.5) is 17.2 Å². The van der Waals surface area contributed by atoms with E-state index in [0.717, 1.165) is 121 Å². The number of rotatable bonds is 11. The molecule has 5 aromatic rings. The smallest absolute Gasteiger partial charge is 0.306 e. The van der Waals surface area contributed by atoms with Crippen molar-refractivity contribution in [3.8, 4) is 11.1 Å². The van der Waals surface area contributed by atoms with Gasteiger partial charge in [-0.15, -0.1) is 0 Å². The van der Waals surface area contributed by atoms with Crippen molar-refractivity contribution < 1.29 is 19.8 Å². The first-order valence-corrected chi connectivity index (χ1v) is 20.1. The summed E-state index contributed by atoms with van der Waals surface area (Å²) in [5.74, 6) is 0.405. The van der Waals surface area contributed by atoms with Crippen molar-refractivity contribution >= 4 is 51.6 Å². The summed E-state index contributed by atoms with van der Waals surface area (Å²) in [6.45, 7) is 6.88. The number of halogens is 1. The van der Waals surface area contributed by atoms with Gasteiger partial charge in [0.05, 0.1) is 28.4 Å². The number of aliphatic hydroxyl groups excluding tert-OH is 1. The van der Waals surface area contributed by atoms with Gasteiger partial charge in [0.25, 0.3) is 5.91 Å². The Labute approximate surface area is 331 Å². The van der Waals surface area contributed by atoms with E-state index in [4.69, 9.17) is 21.6 Å². The summed E-state index contributed by atoms with van der Waals surface area (Å²) in [4.78, 5) is 44.0. The zero-order valence-corrected chi connectivity index (χ0v) is 32.7. The van der Waals surface area contributed by atoms with Crippen molar-refractivity contribution in [1.29, 1.82) is 0 Å². The highest BCUT2D eigenvalue weighted by Crippen LogP contribution is 2.39. The fourth-order valence-corrected chi connectivity index (χ4v) is 9.02. The number of pyridine rings is 2. The van der Waals surface area contributed by atoms with Crippen LogP contribution in [0.15, 0.2) is 60.9 Å². The van der Waals surface area contributed by atoms with Crippen LogP contribution >= 0.6 is 11.6 Å². The molecule has 0 spiro atoms. The molecule has 4 N–H and O–H groups in total. The SMILES string of the molecule is Cc1c(Nc2nccc3cc(CN4CC[C@@H](O)C4)cnc23)cccc1-c1cccc(NC(=O)c2nc3c(n2C)CCN(CCC2CCC(C(=O)O)CC2)C3)c1Cl. The monoisotopic (exact) mass is 776 g/mol. The molecule has 2 aliphatic heterocycles. The Hall–Kier alpha value is -4.88. The predicted molar refractivity (Wildman–Crippen MR) is 218 cm³/mol. The number of amides is 1. The Kier molecular flexibility index (Phi) is 11.1. The fourth-order valence-electron chi connectivity index (χ4n) is 8.74. The third kappa shape index (κ3) is 8.02. The summed E-state index contributed by atoms with van der Waals surface area (Å²) in [5, 5.41) is 27.2. The number of aliphatic hydroxyl groups is 1. The van der Waals surface area contributed by atoms with Crippen LogP contribution in [0.3, 0.4) is 0 Å². The van der Waals surface area contributed by atoms with E-state index in [1.807, 2.05) is 67.2 Å². The quantitative estimate of drug-likeness (QED) is 0.109. The highest BCUT2D eigenvalue weighted by Gasteiger charge is 2.29. The molecule has 0 unspecified atom stereocenters. The number of carbonyl (C=O) groups is 2. The van der Waals surface area contributed by atoms with Crippen LogP contribution in [-0.4, -0.2) is 83.7 Å². The highest BCUT2D eigenvalue weighted by molar-refractivity contribution is 6.36. The van der Waals surface area contributed by atoms with Crippen LogP contribution in [0.25, 0.3) is 22.0 Å². The maximum absolute atomic E-state index is 13.7. The number of likely N-dealkylation sites (tertiary alicyclic amines) is 1. The lowest BCUT2D eigenvalue weighted by Crippen LogP contribution is -2.33. The van der Waals surface area contributed by atoms with Crippen molar-refractivity contribution in [2.75, 3.05) is 36.8 Å². The number of nitrogens with zero attached hydrogens (tertiary/aromatic N) is 6. The first kappa shape index (κ1) is 38.0. The summed E-state index contributed by atoms with van der Waals surface area (Å²) in [5.41, 5.74) is 7.91. The number of anilines is 3. The number of nitrogens with one attached hydrogen (secondary N) is 2. The molecule has 2 fully saturated rings. The van der Waals surface area contributed by atoms with E-state index in [1.54, 1.807) is 6.20 Å². The minimum Gasteiger partial charge on any atom is -0.481 e. The number of imidazole rings is 1. The van der Waals surface area contributed by atoms with Gasteiger partial charge in [-0.3, -0.25) is 24.4 Å². The molecule has 2 aromatic carbocycles. The van der Waals surface area contributed by atoms with E-state index in [2.05, 4.69) is 31.5 Å². The fraction of sp³-hybridized carbons (Fsp3) is 0.419. The van der Waals surface area contributed by atoms with Gasteiger partial charge in [-0.2, -0.15) is 0 Å². The largest absolute Gasteiger partial charge is 0.481 e. The van der Waals surface area contributed by atoms with Gasteiger partial charge in [0.1, 0.15) is 5.52 Å². The van der Waals surface area contributed by atoms with Crippen molar-refractivity contribution in [3.05, 3.63) is 94.3 Å². The number of carboxylic acids is 1. The van der Waals surface area contributed by atoms with E-state index >= 15 is 0 Å². The Morgan fingerprint density at radius 3 is 2.52 bits per heavy atom. The molecule has 1 atom stereocenters. The molecule has 1 saturated carbocycles. The average molecular weight is 777 g/mol. The summed E-state index contributed by atoms with van der Waals surface area (Å²) in [6.07, 6.45) is 9.58. The molecule has 5 heterocycles. The third-order valence-corrected chi connectivity index (χ3v) is 12.4. The lowest BCUT2D eigenvalue weighted by atomic mass is 9.80. The van der Waals surface area contributed by atoms with E-state index in [-0.39, 0.29) is 17.9 Å². The minimum atomic E-state index is -0.662. The van der Waals surface area contributed by atoms with Crippen molar-refractivity contribution in [2.45, 2.75) is 71.1 Å². The van der Waals surface area contributed by atoms with Crippen LogP contribution in [0, 0.1) is 18.8 Å². The van der Waals surface area contributed by atoms with Crippen LogP contribution < -0.4 is 10.6 Å². The van der Waals surface area contributed by atoms with Crippen LogP contribution in [-0.2, 0) is 31.4 Å². The van der Waals surface area contributed by atoms with Gasteiger partial charge in [0.15, 0.2) is 11.6 Å². The normalized spacial score (nSPS) is 20.2. The van der Waals surface area contributed by atoms with E-state index < -0.39 is 5.97 Å². The van der Waals surface area contributed by atoms with E-state index in [9.17, 15) is 19.8 Å². The molecule has 8 rings (SSSR count). The molecule has 12 nitrogen and oxygen atoms in total. The summed E-state index contributed by atoms with van der Waals surface area (Å²) in [7, 11) is 1.90. The van der Waals surface area contributed by atoms with Gasteiger partial charge >= 0.3 is 5.97 Å². The second-order valence-electron chi connectivity index (χ2n) is 15.7. The zero-order valence-electron chi connectivity index (χ0n) is 32.0. The van der Waals surface area contributed by atoms with Gasteiger partial charge < -0.3 is 25.4 Å². The lowest BCUT2D eigenvalue weighted by molar-refractivity contribution is -0.143. The zero-order chi connectivity index (χ0) is 38.9. The average Bonchev–Trinajstić information content (AvgIpc) is 3.76. The van der Waals surface area contributed by atoms with Crippen LogP contribution in [0.2, 0.25) is 5.02 Å². The van der Waals surface area contributed by atoms with Gasteiger partial charge in [0.2, 0.25) is 0 Å². The van der Waals surface area contributed by atoms with Crippen LogP contribution in [0.5, 0.6) is 0 Å². The van der Waals surface area contributed by atoms with Gasteiger partial charge in [0, 0.05) is 80.9 Å². The highest BCUT2D eigenvalue weighted by atomic mass is 35.5. The number of β-amino-alcohol motifs (C(OH)–C–C–N with tert-alkyl or cyclic N) is 1. The molecule has 1 amide bonds. The van der Waals surface area contributed by atoms with E-state index in [0.29, 0.717) is 41.4 Å². The molecule has 1 aliphatic carbocycles. The molecule has 3 aliphatic rings. The number of fused-ring (bicyclic) bond motifs is 2. The number of carbonyl (C=O) groups excluding carboxylic acids is 1. The number of hydrogen-bond acceptors (Lipinski definition) is 9. The molecule has 0 radical (unpaired) electrons. The summed E-state index contributed by atoms with van der Waals surface area (Å²) in [6, 6.07) is 15.7. The van der Waals surface area contributed by atoms with Crippen molar-refractivity contribution in [1.82, 2.24) is 29.3 Å². The maximum atomic E-state index is 13.7. The molecule has 1 saturated heterocycles. The molecule has 0 bridgehead atoms. The van der Waals surface area contributed by atoms with E-state index in [1.165, 1.54) is 0 Å². The summed E-state index contributed by atoms with van der Waals surface area (Å²) < 4.78 is 1.90. The Morgan fingerprint density at radius 1 is 0.964 bits per heavy atom. The summed E-state index contributed by atoms with van der Waals surface area (Å²) >= 11 is 7.07. The molecule has 292 valence electrons. The lowest BCUT2D eigenvalue weighted by Gasteiger charge is -2.30. The minimum absolute atomic E-state index is 0.188. The number of carboxylic acid groups (broad SMARTS) is 1. The van der Waals surface area contributed by atoms with Crippen LogP contribution in [0.1, 0.15) is 71.7 Å². The van der Waals surface area contributed by atoms with Gasteiger partial charge in [-0.25, -0.2) is 9.97 Å². The van der Waals surface area contributed by atoms with Crippen molar-refractivity contribution in [2.24, 2.45) is 18.9 Å². The second kappa shape index (κ2) is 16.3. The number of hydrogen-bond donors (Lipinski definition) is 4. The van der Waals surface area contributed by atoms with Gasteiger partial charge in [-0.1, -0.05) is 35.9 Å². The first-order chi connectivity index (χ1) is 27.1. The first-order valence-electron chi connectivity index (χ1n) is 19.7. The standard InChI is InChI=1S/C43H49ClN8O4/c1-26-32(5-3-7-34(26)47-40-39-30(13-17-45-40)21-28(22-46-39)23-52-19-15-31(53)24-52)33-6-4-8-35(38(33)44)49-42(54)41-48-36-25-51(20-16-37(36)50(41)2)18-14-27-9-11-29(12-10-27)43(55)56/h3-8,13,17,21-22,27,29,31,53H,9-12,14-16,18-20,23-25H2,1-2H3,(H,45,47)(H,49,54)(H,55,56)/t27?,29?,31-/m1/s1. The molecular weight excluding hydrogens is 728 g/mol. The maximum Gasteiger partial charge on any atom is 0.306 e. The Balaban J connectivity index is 0.941. The predicted octanol–water partition coefficient (Wildman–Crippen LogP) is 7.19. The molecule has 13 heteroatoms. The molecular formula is C43H49ClN8O4. The molecule has 56 heavy (non-hydrogen) atoms. The Bertz CT molecular complexity index is 2270. The third-order valence-electron chi connectivity index (χ3n) is 12.0. The Morgan fingerprint density at radius 2 is 1.75 bits per heavy atom. The van der Waals surface area contributed by atoms with Crippen molar-refractivity contribution in [3.63, 3.8) is 0 Å². The number of aliphatic carboxylic acids is 1. The van der Waals surface area contributed by atoms with Gasteiger partial charge in [-0.05, 0) is 98.9 Å². The number of aromatic nitrogens is 4. The topological polar surface area (TPSA) is 149 Å².